The highest BCUT2D eigenvalue weighted by atomic mass is 35.5. The molecule has 2 aliphatic rings. The molecule has 2 bridgehead atoms. The summed E-state index contributed by atoms with van der Waals surface area (Å²) in [7, 11) is 0. The van der Waals surface area contributed by atoms with Gasteiger partial charge in [0.05, 0.1) is 5.02 Å². The van der Waals surface area contributed by atoms with E-state index in [2.05, 4.69) is 10.3 Å². The van der Waals surface area contributed by atoms with Gasteiger partial charge in [0.1, 0.15) is 10.8 Å². The first kappa shape index (κ1) is 13.2. The monoisotopic (exact) mass is 298 g/mol. The van der Waals surface area contributed by atoms with Crippen molar-refractivity contribution in [1.29, 1.82) is 0 Å². The van der Waals surface area contributed by atoms with Gasteiger partial charge in [-0.15, -0.1) is 0 Å². The first-order valence-electron chi connectivity index (χ1n) is 6.73. The normalized spacial score (nSPS) is 28.6. The van der Waals surface area contributed by atoms with Crippen molar-refractivity contribution in [2.24, 2.45) is 17.8 Å². The highest BCUT2D eigenvalue weighted by Crippen LogP contribution is 2.47. The van der Waals surface area contributed by atoms with E-state index in [0.29, 0.717) is 10.9 Å². The van der Waals surface area contributed by atoms with Gasteiger partial charge in [-0.1, -0.05) is 29.6 Å². The van der Waals surface area contributed by atoms with Crippen LogP contribution in [0.4, 0.5) is 0 Å². The second-order valence-corrected chi connectivity index (χ2v) is 6.40. The lowest BCUT2D eigenvalue weighted by atomic mass is 9.89. The molecule has 3 unspecified atom stereocenters. The number of nitrogens with zero attached hydrogens (tertiary/aromatic N) is 1. The lowest BCUT2D eigenvalue weighted by Crippen LogP contribution is -2.32. The van der Waals surface area contributed by atoms with E-state index in [0.717, 1.165) is 18.4 Å². The molecule has 0 spiro atoms. The van der Waals surface area contributed by atoms with Crippen LogP contribution in [-0.2, 0) is 0 Å². The third kappa shape index (κ3) is 2.72. The molecule has 3 rings (SSSR count). The minimum atomic E-state index is -0.227. The van der Waals surface area contributed by atoms with Crippen LogP contribution < -0.4 is 5.32 Å². The molecule has 2 aliphatic carbocycles. The SMILES string of the molecule is O=C(NCC1CC2CCC1C2)c1nc(Cl)ccc1Cl. The van der Waals surface area contributed by atoms with Crippen LogP contribution in [0.15, 0.2) is 12.1 Å². The van der Waals surface area contributed by atoms with Crippen molar-refractivity contribution in [3.05, 3.63) is 28.0 Å². The van der Waals surface area contributed by atoms with E-state index in [9.17, 15) is 4.79 Å². The minimum Gasteiger partial charge on any atom is -0.350 e. The second-order valence-electron chi connectivity index (χ2n) is 5.61. The molecule has 2 fully saturated rings. The number of rotatable bonds is 3. The Bertz CT molecular complexity index is 506. The predicted octanol–water partition coefficient (Wildman–Crippen LogP) is 3.55. The van der Waals surface area contributed by atoms with Crippen molar-refractivity contribution < 1.29 is 4.79 Å². The highest BCUT2D eigenvalue weighted by molar-refractivity contribution is 6.34. The van der Waals surface area contributed by atoms with Crippen LogP contribution in [0.5, 0.6) is 0 Å². The Morgan fingerprint density at radius 2 is 2.16 bits per heavy atom. The zero-order chi connectivity index (χ0) is 13.4. The Morgan fingerprint density at radius 1 is 1.32 bits per heavy atom. The van der Waals surface area contributed by atoms with E-state index in [1.807, 2.05) is 0 Å². The molecule has 1 N–H and O–H groups in total. The summed E-state index contributed by atoms with van der Waals surface area (Å²) in [6, 6.07) is 3.18. The highest BCUT2D eigenvalue weighted by Gasteiger charge is 2.39. The van der Waals surface area contributed by atoms with E-state index in [1.54, 1.807) is 12.1 Å². The number of hydrogen-bond acceptors (Lipinski definition) is 2. The Balaban J connectivity index is 1.61. The number of fused-ring (bicyclic) bond motifs is 2. The summed E-state index contributed by atoms with van der Waals surface area (Å²) in [6.07, 6.45) is 5.29. The van der Waals surface area contributed by atoms with Crippen molar-refractivity contribution in [2.45, 2.75) is 25.7 Å². The second kappa shape index (κ2) is 5.29. The molecule has 0 aliphatic heterocycles. The fourth-order valence-electron chi connectivity index (χ4n) is 3.51. The largest absolute Gasteiger partial charge is 0.350 e. The maximum Gasteiger partial charge on any atom is 0.271 e. The number of halogens is 2. The molecule has 0 saturated heterocycles. The van der Waals surface area contributed by atoms with E-state index in [-0.39, 0.29) is 16.8 Å². The average Bonchev–Trinajstić information content (AvgIpc) is 3.01. The van der Waals surface area contributed by atoms with Crippen molar-refractivity contribution >= 4 is 29.1 Å². The molecule has 19 heavy (non-hydrogen) atoms. The van der Waals surface area contributed by atoms with Crippen LogP contribution in [0.2, 0.25) is 10.2 Å². The van der Waals surface area contributed by atoms with Gasteiger partial charge < -0.3 is 5.32 Å². The number of carbonyl (C=O) groups is 1. The van der Waals surface area contributed by atoms with Gasteiger partial charge in [-0.25, -0.2) is 4.98 Å². The molecule has 3 atom stereocenters. The van der Waals surface area contributed by atoms with Gasteiger partial charge in [-0.05, 0) is 49.1 Å². The zero-order valence-corrected chi connectivity index (χ0v) is 12.0. The molecular formula is C14H16Cl2N2O. The van der Waals surface area contributed by atoms with E-state index in [1.165, 1.54) is 25.7 Å². The Hall–Kier alpha value is -0.800. The van der Waals surface area contributed by atoms with E-state index >= 15 is 0 Å². The summed E-state index contributed by atoms with van der Waals surface area (Å²) in [4.78, 5) is 16.1. The van der Waals surface area contributed by atoms with E-state index in [4.69, 9.17) is 23.2 Å². The van der Waals surface area contributed by atoms with Gasteiger partial charge in [0.25, 0.3) is 5.91 Å². The minimum absolute atomic E-state index is 0.220. The van der Waals surface area contributed by atoms with Gasteiger partial charge in [-0.2, -0.15) is 0 Å². The summed E-state index contributed by atoms with van der Waals surface area (Å²) in [5, 5.41) is 3.58. The molecule has 1 amide bonds. The molecule has 5 heteroatoms. The van der Waals surface area contributed by atoms with Crippen molar-refractivity contribution in [1.82, 2.24) is 10.3 Å². The van der Waals surface area contributed by atoms with Gasteiger partial charge in [0.15, 0.2) is 0 Å². The molecule has 1 aromatic rings. The topological polar surface area (TPSA) is 42.0 Å². The number of carbonyl (C=O) groups excluding carboxylic acids is 1. The molecule has 0 aromatic carbocycles. The summed E-state index contributed by atoms with van der Waals surface area (Å²) >= 11 is 11.8. The van der Waals surface area contributed by atoms with Crippen LogP contribution in [0, 0.1) is 17.8 Å². The fraction of sp³-hybridized carbons (Fsp3) is 0.571. The zero-order valence-electron chi connectivity index (χ0n) is 10.5. The molecular weight excluding hydrogens is 283 g/mol. The van der Waals surface area contributed by atoms with Crippen LogP contribution in [0.3, 0.4) is 0 Å². The number of nitrogens with one attached hydrogen (secondary N) is 1. The van der Waals surface area contributed by atoms with Gasteiger partial charge >= 0.3 is 0 Å². The molecule has 2 saturated carbocycles. The van der Waals surface area contributed by atoms with Gasteiger partial charge in [0, 0.05) is 6.54 Å². The van der Waals surface area contributed by atoms with E-state index < -0.39 is 0 Å². The summed E-state index contributed by atoms with van der Waals surface area (Å²) in [5.74, 6) is 2.09. The first-order valence-corrected chi connectivity index (χ1v) is 7.49. The average molecular weight is 299 g/mol. The smallest absolute Gasteiger partial charge is 0.271 e. The lowest BCUT2D eigenvalue weighted by molar-refractivity contribution is 0.0937. The van der Waals surface area contributed by atoms with Crippen LogP contribution in [0.1, 0.15) is 36.2 Å². The van der Waals surface area contributed by atoms with Crippen molar-refractivity contribution in [3.63, 3.8) is 0 Å². The van der Waals surface area contributed by atoms with Gasteiger partial charge in [-0.3, -0.25) is 4.79 Å². The first-order chi connectivity index (χ1) is 9.13. The van der Waals surface area contributed by atoms with Crippen LogP contribution in [0.25, 0.3) is 0 Å². The quantitative estimate of drug-likeness (QED) is 0.867. The summed E-state index contributed by atoms with van der Waals surface area (Å²) in [5.41, 5.74) is 0.220. The number of pyridine rings is 1. The number of amides is 1. The summed E-state index contributed by atoms with van der Waals surface area (Å²) < 4.78 is 0. The Morgan fingerprint density at radius 3 is 2.84 bits per heavy atom. The summed E-state index contributed by atoms with van der Waals surface area (Å²) in [6.45, 7) is 0.727. The Kier molecular flexibility index (Phi) is 3.68. The maximum atomic E-state index is 12.1. The fourth-order valence-corrected chi connectivity index (χ4v) is 3.85. The third-order valence-electron chi connectivity index (χ3n) is 4.44. The van der Waals surface area contributed by atoms with Crippen molar-refractivity contribution in [3.8, 4) is 0 Å². The van der Waals surface area contributed by atoms with Crippen LogP contribution in [-0.4, -0.2) is 17.4 Å². The van der Waals surface area contributed by atoms with Crippen LogP contribution >= 0.6 is 23.2 Å². The maximum absolute atomic E-state index is 12.1. The molecule has 1 heterocycles. The third-order valence-corrected chi connectivity index (χ3v) is 4.95. The molecule has 1 aromatic heterocycles. The molecule has 3 nitrogen and oxygen atoms in total. The Labute approximate surface area is 122 Å². The number of aromatic nitrogens is 1. The molecule has 102 valence electrons. The predicted molar refractivity (Wildman–Crippen MR) is 75.5 cm³/mol. The number of hydrogen-bond donors (Lipinski definition) is 1. The van der Waals surface area contributed by atoms with Crippen molar-refractivity contribution in [2.75, 3.05) is 6.54 Å². The molecule has 0 radical (unpaired) electrons. The standard InChI is InChI=1S/C14H16Cl2N2O/c15-11-3-4-12(16)18-13(11)14(19)17-7-10-6-8-1-2-9(10)5-8/h3-4,8-10H,1-2,5-7H2,(H,17,19). The lowest BCUT2D eigenvalue weighted by Gasteiger charge is -2.21. The van der Waals surface area contributed by atoms with Gasteiger partial charge in [0.2, 0.25) is 0 Å².